The van der Waals surface area contributed by atoms with E-state index in [1.54, 1.807) is 6.07 Å². The van der Waals surface area contributed by atoms with E-state index in [9.17, 15) is 9.59 Å². The third-order valence-electron chi connectivity index (χ3n) is 5.71. The molecule has 0 fully saturated rings. The van der Waals surface area contributed by atoms with Crippen LogP contribution in [0.5, 0.6) is 0 Å². The molecule has 0 bridgehead atoms. The van der Waals surface area contributed by atoms with Gasteiger partial charge in [-0.05, 0) is 55.0 Å². The highest BCUT2D eigenvalue weighted by Gasteiger charge is 2.11. The first-order valence-corrected chi connectivity index (χ1v) is 11.1. The Morgan fingerprint density at radius 3 is 1.91 bits per heavy atom. The molecule has 0 aliphatic rings. The number of aryl methyl sites for hydroxylation is 2. The molecule has 0 amide bonds. The lowest BCUT2D eigenvalue weighted by atomic mass is 10.1. The second kappa shape index (κ2) is 10.6. The van der Waals surface area contributed by atoms with Gasteiger partial charge in [-0.1, -0.05) is 60.7 Å². The zero-order valence-electron chi connectivity index (χ0n) is 18.1. The monoisotopic (exact) mass is 425 g/mol. The van der Waals surface area contributed by atoms with Gasteiger partial charge in [-0.25, -0.2) is 4.79 Å². The zero-order valence-corrected chi connectivity index (χ0v) is 18.1. The van der Waals surface area contributed by atoms with Crippen molar-refractivity contribution in [3.8, 4) is 0 Å². The number of carbonyl (C=O) groups is 1. The third kappa shape index (κ3) is 5.52. The Hall–Kier alpha value is -3.66. The summed E-state index contributed by atoms with van der Waals surface area (Å²) in [4.78, 5) is 25.4. The fraction of sp³-hybridized carbons (Fsp3) is 0.214. The Morgan fingerprint density at radius 1 is 0.750 bits per heavy atom. The normalized spacial score (nSPS) is 10.9. The van der Waals surface area contributed by atoms with Gasteiger partial charge in [-0.15, -0.1) is 0 Å². The number of nitrogens with zero attached hydrogens (tertiary/aromatic N) is 1. The number of hydrogen-bond acceptors (Lipinski definition) is 4. The number of aldehydes is 1. The Kier molecular flexibility index (Phi) is 7.13. The fourth-order valence-electron chi connectivity index (χ4n) is 4.00. The minimum atomic E-state index is -0.593. The summed E-state index contributed by atoms with van der Waals surface area (Å²) in [5, 5.41) is 0.754. The van der Waals surface area contributed by atoms with Crippen molar-refractivity contribution in [3.63, 3.8) is 0 Å². The lowest BCUT2D eigenvalue weighted by molar-refractivity contribution is 0.112. The second-order valence-electron chi connectivity index (χ2n) is 7.99. The summed E-state index contributed by atoms with van der Waals surface area (Å²) in [5.41, 5.74) is 3.66. The zero-order chi connectivity index (χ0) is 22.2. The van der Waals surface area contributed by atoms with Crippen molar-refractivity contribution in [1.82, 2.24) is 0 Å². The number of hydrogen-bond donors (Lipinski definition) is 0. The van der Waals surface area contributed by atoms with E-state index in [0.29, 0.717) is 11.9 Å². The summed E-state index contributed by atoms with van der Waals surface area (Å²) >= 11 is 0. The van der Waals surface area contributed by atoms with Crippen molar-refractivity contribution < 1.29 is 9.21 Å². The minimum Gasteiger partial charge on any atom is -0.422 e. The maximum absolute atomic E-state index is 12.0. The molecule has 0 radical (unpaired) electrons. The SMILES string of the molecule is O=Cc1cc2ccc(N(CCCc3ccccc3)CCCc3ccccc3)cc2oc1=O. The topological polar surface area (TPSA) is 50.5 Å². The van der Waals surface area contributed by atoms with Gasteiger partial charge in [0.15, 0.2) is 6.29 Å². The van der Waals surface area contributed by atoms with Gasteiger partial charge in [0.05, 0.1) is 0 Å². The van der Waals surface area contributed by atoms with E-state index >= 15 is 0 Å². The van der Waals surface area contributed by atoms with Crippen LogP contribution < -0.4 is 10.5 Å². The van der Waals surface area contributed by atoms with Crippen LogP contribution in [0, 0.1) is 0 Å². The molecular weight excluding hydrogens is 398 g/mol. The molecule has 4 aromatic rings. The van der Waals surface area contributed by atoms with Gasteiger partial charge in [-0.3, -0.25) is 4.79 Å². The number of anilines is 1. The molecule has 0 spiro atoms. The molecule has 4 nitrogen and oxygen atoms in total. The molecule has 0 unspecified atom stereocenters. The first kappa shape index (κ1) is 21.6. The summed E-state index contributed by atoms with van der Waals surface area (Å²) in [5.74, 6) is 0. The van der Waals surface area contributed by atoms with Crippen molar-refractivity contribution in [3.05, 3.63) is 112 Å². The van der Waals surface area contributed by atoms with E-state index in [1.807, 2.05) is 30.3 Å². The van der Waals surface area contributed by atoms with Crippen LogP contribution >= 0.6 is 0 Å². The van der Waals surface area contributed by atoms with Crippen molar-refractivity contribution in [2.45, 2.75) is 25.7 Å². The molecule has 0 aliphatic carbocycles. The molecule has 162 valence electrons. The molecule has 4 rings (SSSR count). The molecule has 4 heteroatoms. The van der Waals surface area contributed by atoms with Crippen LogP contribution in [0.15, 0.2) is 94.1 Å². The number of rotatable bonds is 10. The van der Waals surface area contributed by atoms with E-state index in [2.05, 4.69) is 53.4 Å². The van der Waals surface area contributed by atoms with Crippen LogP contribution in [0.4, 0.5) is 5.69 Å². The van der Waals surface area contributed by atoms with E-state index in [1.165, 1.54) is 11.1 Å². The predicted octanol–water partition coefficient (Wildman–Crippen LogP) is 5.68. The van der Waals surface area contributed by atoms with E-state index in [4.69, 9.17) is 4.42 Å². The molecular formula is C28H27NO3. The Bertz CT molecular complexity index is 1170. The third-order valence-corrected chi connectivity index (χ3v) is 5.71. The smallest absolute Gasteiger partial charge is 0.346 e. The summed E-state index contributed by atoms with van der Waals surface area (Å²) in [6.07, 6.45) is 4.63. The predicted molar refractivity (Wildman–Crippen MR) is 130 cm³/mol. The number of benzene rings is 3. The first-order chi connectivity index (χ1) is 15.7. The molecule has 3 aromatic carbocycles. The molecule has 32 heavy (non-hydrogen) atoms. The largest absolute Gasteiger partial charge is 0.422 e. The van der Waals surface area contributed by atoms with Gasteiger partial charge in [0.25, 0.3) is 0 Å². The standard InChI is InChI=1S/C28H27NO3/c30-21-25-19-24-15-16-26(20-27(24)32-28(25)31)29(17-7-13-22-9-3-1-4-10-22)18-8-14-23-11-5-2-6-12-23/h1-6,9-12,15-16,19-21H,7-8,13-14,17-18H2. The second-order valence-corrected chi connectivity index (χ2v) is 7.99. The Morgan fingerprint density at radius 2 is 1.34 bits per heavy atom. The lowest BCUT2D eigenvalue weighted by Crippen LogP contribution is -2.26. The van der Waals surface area contributed by atoms with Crippen LogP contribution in [0.3, 0.4) is 0 Å². The number of carbonyl (C=O) groups excluding carboxylic acids is 1. The molecule has 0 atom stereocenters. The van der Waals surface area contributed by atoms with Crippen molar-refractivity contribution >= 4 is 22.9 Å². The van der Waals surface area contributed by atoms with Crippen LogP contribution in [-0.2, 0) is 12.8 Å². The highest BCUT2D eigenvalue weighted by molar-refractivity contribution is 5.86. The van der Waals surface area contributed by atoms with Crippen molar-refractivity contribution in [1.29, 1.82) is 0 Å². The molecule has 1 heterocycles. The lowest BCUT2D eigenvalue weighted by Gasteiger charge is -2.25. The van der Waals surface area contributed by atoms with E-state index in [-0.39, 0.29) is 5.56 Å². The first-order valence-electron chi connectivity index (χ1n) is 11.1. The summed E-state index contributed by atoms with van der Waals surface area (Å²) in [6.45, 7) is 1.82. The van der Waals surface area contributed by atoms with E-state index in [0.717, 1.165) is 49.8 Å². The van der Waals surface area contributed by atoms with Crippen LogP contribution in [-0.4, -0.2) is 19.4 Å². The highest BCUT2D eigenvalue weighted by atomic mass is 16.4. The minimum absolute atomic E-state index is 0.0489. The summed E-state index contributed by atoms with van der Waals surface area (Å²) in [6, 6.07) is 28.5. The van der Waals surface area contributed by atoms with Crippen LogP contribution in [0.25, 0.3) is 11.0 Å². The maximum atomic E-state index is 12.0. The van der Waals surface area contributed by atoms with E-state index < -0.39 is 5.63 Å². The average Bonchev–Trinajstić information content (AvgIpc) is 2.83. The van der Waals surface area contributed by atoms with Crippen LogP contribution in [0.2, 0.25) is 0 Å². The molecule has 0 saturated heterocycles. The summed E-state index contributed by atoms with van der Waals surface area (Å²) < 4.78 is 5.41. The molecule has 1 aromatic heterocycles. The van der Waals surface area contributed by atoms with Crippen LogP contribution in [0.1, 0.15) is 34.3 Å². The van der Waals surface area contributed by atoms with Gasteiger partial charge in [0, 0.05) is 30.2 Å². The van der Waals surface area contributed by atoms with Crippen molar-refractivity contribution in [2.24, 2.45) is 0 Å². The van der Waals surface area contributed by atoms with Gasteiger partial charge in [0.1, 0.15) is 11.1 Å². The summed E-state index contributed by atoms with van der Waals surface area (Å²) in [7, 11) is 0. The number of fused-ring (bicyclic) bond motifs is 1. The average molecular weight is 426 g/mol. The van der Waals surface area contributed by atoms with Gasteiger partial charge in [0.2, 0.25) is 0 Å². The molecule has 0 N–H and O–H groups in total. The quantitative estimate of drug-likeness (QED) is 0.242. The fourth-order valence-corrected chi connectivity index (χ4v) is 4.00. The van der Waals surface area contributed by atoms with Gasteiger partial charge < -0.3 is 9.32 Å². The van der Waals surface area contributed by atoms with Gasteiger partial charge >= 0.3 is 5.63 Å². The van der Waals surface area contributed by atoms with Gasteiger partial charge in [-0.2, -0.15) is 0 Å². The van der Waals surface area contributed by atoms with Crippen molar-refractivity contribution in [2.75, 3.05) is 18.0 Å². The molecule has 0 saturated carbocycles. The Balaban J connectivity index is 1.51. The Labute approximate surface area is 188 Å². The highest BCUT2D eigenvalue weighted by Crippen LogP contribution is 2.23. The maximum Gasteiger partial charge on any atom is 0.346 e. The molecule has 0 aliphatic heterocycles.